The van der Waals surface area contributed by atoms with Gasteiger partial charge >= 0.3 is 0 Å². The molecule has 0 aliphatic carbocycles. The van der Waals surface area contributed by atoms with E-state index < -0.39 is 0 Å². The highest BCUT2D eigenvalue weighted by atomic mass is 15.3. The third kappa shape index (κ3) is 9.50. The van der Waals surface area contributed by atoms with Crippen molar-refractivity contribution in [3.05, 3.63) is 24.4 Å². The predicted octanol–water partition coefficient (Wildman–Crippen LogP) is 4.11. The van der Waals surface area contributed by atoms with E-state index in [2.05, 4.69) is 58.6 Å². The monoisotopic (exact) mass is 222 g/mol. The molecule has 0 heterocycles. The Bertz CT molecular complexity index is 272. The molecule has 0 aromatic heterocycles. The van der Waals surface area contributed by atoms with Gasteiger partial charge in [-0.2, -0.15) is 5.10 Å². The molecular weight excluding hydrogens is 196 g/mol. The SMILES string of the molecule is C=C/C=C(/CC(C)(C)C)N/N=C/C(C)(C)C. The van der Waals surface area contributed by atoms with Crippen molar-refractivity contribution in [3.63, 3.8) is 0 Å². The Morgan fingerprint density at radius 3 is 2.12 bits per heavy atom. The van der Waals surface area contributed by atoms with Crippen molar-refractivity contribution in [1.82, 2.24) is 5.43 Å². The summed E-state index contributed by atoms with van der Waals surface area (Å²) in [6.07, 6.45) is 6.65. The first-order valence-electron chi connectivity index (χ1n) is 5.76. The predicted molar refractivity (Wildman–Crippen MR) is 73.4 cm³/mol. The molecule has 0 rings (SSSR count). The van der Waals surface area contributed by atoms with Gasteiger partial charge in [-0.25, -0.2) is 0 Å². The molecule has 0 unspecified atom stereocenters. The molecule has 1 N–H and O–H groups in total. The summed E-state index contributed by atoms with van der Waals surface area (Å²) < 4.78 is 0. The quantitative estimate of drug-likeness (QED) is 0.432. The summed E-state index contributed by atoms with van der Waals surface area (Å²) in [6, 6.07) is 0. The van der Waals surface area contributed by atoms with Crippen LogP contribution in [0.15, 0.2) is 29.5 Å². The number of hydrazone groups is 1. The summed E-state index contributed by atoms with van der Waals surface area (Å²) >= 11 is 0. The number of nitrogens with zero attached hydrogens (tertiary/aromatic N) is 1. The molecular formula is C14H26N2. The van der Waals surface area contributed by atoms with Gasteiger partial charge in [-0.1, -0.05) is 54.2 Å². The summed E-state index contributed by atoms with van der Waals surface area (Å²) in [5.41, 5.74) is 4.55. The van der Waals surface area contributed by atoms with Gasteiger partial charge in [-0.15, -0.1) is 0 Å². The molecule has 0 aliphatic heterocycles. The Hall–Kier alpha value is -1.05. The molecule has 0 saturated heterocycles. The van der Waals surface area contributed by atoms with Gasteiger partial charge in [0.25, 0.3) is 0 Å². The zero-order chi connectivity index (χ0) is 12.8. The number of hydrogen-bond donors (Lipinski definition) is 1. The molecule has 0 atom stereocenters. The molecule has 0 amide bonds. The first-order chi connectivity index (χ1) is 7.14. The van der Waals surface area contributed by atoms with Gasteiger partial charge in [0.05, 0.1) is 0 Å². The van der Waals surface area contributed by atoms with E-state index in [0.717, 1.165) is 12.1 Å². The van der Waals surface area contributed by atoms with Crippen LogP contribution in [0, 0.1) is 10.8 Å². The zero-order valence-electron chi connectivity index (χ0n) is 11.6. The van der Waals surface area contributed by atoms with E-state index in [1.807, 2.05) is 12.3 Å². The fourth-order valence-corrected chi connectivity index (χ4v) is 1.16. The van der Waals surface area contributed by atoms with E-state index in [-0.39, 0.29) is 10.8 Å². The maximum absolute atomic E-state index is 4.25. The average Bonchev–Trinajstić information content (AvgIpc) is 1.98. The van der Waals surface area contributed by atoms with Gasteiger partial charge in [-0.3, -0.25) is 5.43 Å². The van der Waals surface area contributed by atoms with Crippen molar-refractivity contribution >= 4 is 6.21 Å². The molecule has 0 radical (unpaired) electrons. The van der Waals surface area contributed by atoms with Crippen molar-refractivity contribution in [2.75, 3.05) is 0 Å². The van der Waals surface area contributed by atoms with Crippen LogP contribution in [0.2, 0.25) is 0 Å². The Morgan fingerprint density at radius 1 is 1.19 bits per heavy atom. The van der Waals surface area contributed by atoms with E-state index in [4.69, 9.17) is 0 Å². The van der Waals surface area contributed by atoms with E-state index in [1.165, 1.54) is 0 Å². The summed E-state index contributed by atoms with van der Waals surface area (Å²) in [5.74, 6) is 0. The largest absolute Gasteiger partial charge is 0.283 e. The van der Waals surface area contributed by atoms with Crippen molar-refractivity contribution in [1.29, 1.82) is 0 Å². The molecule has 0 fully saturated rings. The van der Waals surface area contributed by atoms with Gasteiger partial charge in [-0.05, 0) is 23.3 Å². The van der Waals surface area contributed by atoms with Gasteiger partial charge in [0.2, 0.25) is 0 Å². The number of hydrogen-bond acceptors (Lipinski definition) is 2. The standard InChI is InChI=1S/C14H26N2/c1-8-9-12(10-13(2,3)4)16-15-11-14(5,6)7/h8-9,11,16H,1,10H2,2-7H3/b12-9-,15-11+. The van der Waals surface area contributed by atoms with Crippen LogP contribution in [0.5, 0.6) is 0 Å². The first kappa shape index (κ1) is 14.9. The summed E-state index contributed by atoms with van der Waals surface area (Å²) in [7, 11) is 0. The second kappa shape index (κ2) is 5.88. The Balaban J connectivity index is 4.44. The van der Waals surface area contributed by atoms with Gasteiger partial charge < -0.3 is 0 Å². The normalized spacial score (nSPS) is 14.2. The number of allylic oxidation sites excluding steroid dienone is 3. The third-order valence-electron chi connectivity index (χ3n) is 1.70. The van der Waals surface area contributed by atoms with Crippen LogP contribution in [-0.2, 0) is 0 Å². The van der Waals surface area contributed by atoms with Crippen LogP contribution < -0.4 is 5.43 Å². The molecule has 92 valence electrons. The molecule has 0 aromatic carbocycles. The van der Waals surface area contributed by atoms with E-state index in [0.29, 0.717) is 0 Å². The van der Waals surface area contributed by atoms with E-state index >= 15 is 0 Å². The highest BCUT2D eigenvalue weighted by molar-refractivity contribution is 5.63. The summed E-state index contributed by atoms with van der Waals surface area (Å²) in [5, 5.41) is 4.25. The zero-order valence-corrected chi connectivity index (χ0v) is 11.6. The Kier molecular flexibility index (Phi) is 5.49. The first-order valence-corrected chi connectivity index (χ1v) is 5.76. The van der Waals surface area contributed by atoms with Crippen LogP contribution >= 0.6 is 0 Å². The molecule has 2 heteroatoms. The smallest absolute Gasteiger partial charge is 0.0340 e. The molecule has 0 saturated carbocycles. The van der Waals surface area contributed by atoms with Gasteiger partial charge in [0.15, 0.2) is 0 Å². The molecule has 2 nitrogen and oxygen atoms in total. The maximum Gasteiger partial charge on any atom is 0.0340 e. The minimum absolute atomic E-state index is 0.105. The average molecular weight is 222 g/mol. The maximum atomic E-state index is 4.25. The minimum atomic E-state index is 0.105. The lowest BCUT2D eigenvalue weighted by atomic mass is 9.90. The molecule has 16 heavy (non-hydrogen) atoms. The molecule has 0 spiro atoms. The second-order valence-corrected chi connectivity index (χ2v) is 6.40. The second-order valence-electron chi connectivity index (χ2n) is 6.40. The van der Waals surface area contributed by atoms with Gasteiger partial charge in [0.1, 0.15) is 0 Å². The van der Waals surface area contributed by atoms with Crippen LogP contribution in [0.4, 0.5) is 0 Å². The van der Waals surface area contributed by atoms with Crippen molar-refractivity contribution in [2.45, 2.75) is 48.0 Å². The fourth-order valence-electron chi connectivity index (χ4n) is 1.16. The van der Waals surface area contributed by atoms with Crippen molar-refractivity contribution in [2.24, 2.45) is 15.9 Å². The number of rotatable bonds is 4. The van der Waals surface area contributed by atoms with Crippen LogP contribution in [0.25, 0.3) is 0 Å². The molecule has 0 aromatic rings. The lowest BCUT2D eigenvalue weighted by Crippen LogP contribution is -2.16. The van der Waals surface area contributed by atoms with Crippen molar-refractivity contribution in [3.8, 4) is 0 Å². The molecule has 0 bridgehead atoms. The number of nitrogens with one attached hydrogen (secondary N) is 1. The topological polar surface area (TPSA) is 24.4 Å². The lowest BCUT2D eigenvalue weighted by molar-refractivity contribution is 0.399. The fraction of sp³-hybridized carbons (Fsp3) is 0.643. The lowest BCUT2D eigenvalue weighted by Gasteiger charge is -2.20. The Morgan fingerprint density at radius 2 is 1.75 bits per heavy atom. The third-order valence-corrected chi connectivity index (χ3v) is 1.70. The highest BCUT2D eigenvalue weighted by Gasteiger charge is 2.12. The van der Waals surface area contributed by atoms with E-state index in [1.54, 1.807) is 6.08 Å². The van der Waals surface area contributed by atoms with Crippen molar-refractivity contribution < 1.29 is 0 Å². The highest BCUT2D eigenvalue weighted by Crippen LogP contribution is 2.22. The van der Waals surface area contributed by atoms with E-state index in [9.17, 15) is 0 Å². The van der Waals surface area contributed by atoms with Crippen LogP contribution in [-0.4, -0.2) is 6.21 Å². The van der Waals surface area contributed by atoms with Gasteiger partial charge in [0, 0.05) is 11.9 Å². The van der Waals surface area contributed by atoms with Crippen LogP contribution in [0.1, 0.15) is 48.0 Å². The van der Waals surface area contributed by atoms with Crippen LogP contribution in [0.3, 0.4) is 0 Å². The summed E-state index contributed by atoms with van der Waals surface area (Å²) in [6.45, 7) is 16.7. The molecule has 0 aliphatic rings. The Labute approximate surface area is 101 Å². The summed E-state index contributed by atoms with van der Waals surface area (Å²) in [4.78, 5) is 0. The minimum Gasteiger partial charge on any atom is -0.283 e.